The van der Waals surface area contributed by atoms with Crippen molar-refractivity contribution in [3.8, 4) is 23.5 Å². The van der Waals surface area contributed by atoms with E-state index in [2.05, 4.69) is 72.4 Å². The zero-order valence-corrected chi connectivity index (χ0v) is 58.6. The molecule has 0 aliphatic heterocycles. The number of ether oxygens (including phenoxy) is 6. The molecular formula is C64H72Br2F8IN11O8. The average molecular weight is 1560 g/mol. The Morgan fingerprint density at radius 2 is 0.915 bits per heavy atom. The molecule has 94 heavy (non-hydrogen) atoms. The summed E-state index contributed by atoms with van der Waals surface area (Å²) in [6.45, 7) is 10.9. The highest BCUT2D eigenvalue weighted by Crippen LogP contribution is 2.38. The number of anilines is 5. The number of benzene rings is 1. The van der Waals surface area contributed by atoms with Crippen molar-refractivity contribution in [2.75, 3.05) is 60.6 Å². The van der Waals surface area contributed by atoms with E-state index >= 15 is 0 Å². The van der Waals surface area contributed by atoms with Crippen LogP contribution in [0.25, 0.3) is 0 Å². The van der Waals surface area contributed by atoms with Crippen LogP contribution in [0.2, 0.25) is 0 Å². The largest absolute Gasteiger partial charge is 0.472 e. The van der Waals surface area contributed by atoms with Gasteiger partial charge in [0.15, 0.2) is 5.82 Å². The Labute approximate surface area is 570 Å². The third-order valence-electron chi connectivity index (χ3n) is 12.6. The molecule has 2 N–H and O–H groups in total. The molecule has 0 saturated heterocycles. The van der Waals surface area contributed by atoms with Crippen LogP contribution in [-0.4, -0.2) is 113 Å². The zero-order valence-electron chi connectivity index (χ0n) is 53.3. The second-order valence-electron chi connectivity index (χ2n) is 23.1. The lowest BCUT2D eigenvalue weighted by molar-refractivity contribution is 0.0577. The number of rotatable bonds is 15. The van der Waals surface area contributed by atoms with E-state index in [0.29, 0.717) is 32.6 Å². The maximum Gasteiger partial charge on any atom is 0.414 e. The van der Waals surface area contributed by atoms with Crippen LogP contribution in [-0.2, 0) is 16.0 Å². The molecular weight excluding hydrogens is 1490 g/mol. The normalized spacial score (nSPS) is 13.7. The molecule has 0 bridgehead atoms. The van der Waals surface area contributed by atoms with Crippen LogP contribution < -0.4 is 44.3 Å². The van der Waals surface area contributed by atoms with E-state index in [1.54, 1.807) is 90.5 Å². The second-order valence-corrected chi connectivity index (χ2v) is 26.0. The van der Waals surface area contributed by atoms with E-state index in [-0.39, 0.29) is 62.9 Å². The summed E-state index contributed by atoms with van der Waals surface area (Å²) in [6.07, 6.45) is 15.3. The van der Waals surface area contributed by atoms with Crippen LogP contribution in [0, 0.1) is 50.4 Å². The van der Waals surface area contributed by atoms with Gasteiger partial charge in [0.2, 0.25) is 35.0 Å². The molecule has 6 aromatic heterocycles. The third-order valence-corrected chi connectivity index (χ3v) is 14.6. The number of halogens is 11. The van der Waals surface area contributed by atoms with E-state index in [9.17, 15) is 44.7 Å². The van der Waals surface area contributed by atoms with Gasteiger partial charge in [-0.1, -0.05) is 30.3 Å². The van der Waals surface area contributed by atoms with Gasteiger partial charge < -0.3 is 44.0 Å². The Balaban J connectivity index is 0.000000182. The highest BCUT2D eigenvalue weighted by Gasteiger charge is 2.32. The second kappa shape index (κ2) is 34.7. The predicted octanol–water partition coefficient (Wildman–Crippen LogP) is 16.4. The Hall–Kier alpha value is -7.61. The Kier molecular flexibility index (Phi) is 27.8. The molecule has 7 aromatic rings. The molecule has 508 valence electrons. The van der Waals surface area contributed by atoms with E-state index in [4.69, 9.17) is 28.4 Å². The topological polar surface area (TPSA) is 201 Å². The minimum atomic E-state index is -1.25. The monoisotopic (exact) mass is 1560 g/mol. The van der Waals surface area contributed by atoms with Crippen LogP contribution in [0.4, 0.5) is 73.1 Å². The maximum absolute atomic E-state index is 14.6. The Morgan fingerprint density at radius 3 is 1.35 bits per heavy atom. The first-order valence-corrected chi connectivity index (χ1v) is 32.0. The number of hydrogen-bond acceptors (Lipinski definition) is 17. The van der Waals surface area contributed by atoms with E-state index in [1.165, 1.54) is 57.1 Å². The fraction of sp³-hybridized carbons (Fsp3) is 0.406. The molecule has 2 amide bonds. The summed E-state index contributed by atoms with van der Waals surface area (Å²) in [5, 5.41) is 5.49. The van der Waals surface area contributed by atoms with Gasteiger partial charge in [0, 0.05) is 79.0 Å². The van der Waals surface area contributed by atoms with Gasteiger partial charge in [0.1, 0.15) is 35.6 Å². The molecule has 0 spiro atoms. The van der Waals surface area contributed by atoms with Crippen molar-refractivity contribution < 1.29 is 73.1 Å². The van der Waals surface area contributed by atoms with Gasteiger partial charge in [0.05, 0.1) is 41.0 Å². The fourth-order valence-corrected chi connectivity index (χ4v) is 8.76. The van der Waals surface area contributed by atoms with Crippen molar-refractivity contribution in [1.29, 1.82) is 0 Å². The van der Waals surface area contributed by atoms with Gasteiger partial charge in [-0.25, -0.2) is 43.9 Å². The minimum absolute atomic E-state index is 0.0408. The first-order valence-electron chi connectivity index (χ1n) is 29.3. The quantitative estimate of drug-likeness (QED) is 0.0557. The van der Waals surface area contributed by atoms with Crippen LogP contribution >= 0.6 is 54.5 Å². The number of aromatic nitrogens is 6. The first-order chi connectivity index (χ1) is 44.4. The number of hydrogen-bond donors (Lipinski definition) is 2. The van der Waals surface area contributed by atoms with Crippen molar-refractivity contribution in [1.82, 2.24) is 29.9 Å². The van der Waals surface area contributed by atoms with Gasteiger partial charge in [-0.2, -0.15) is 30.7 Å². The van der Waals surface area contributed by atoms with Gasteiger partial charge >= 0.3 is 12.2 Å². The van der Waals surface area contributed by atoms with Gasteiger partial charge in [0.25, 0.3) is 29.5 Å². The molecule has 11 rings (SSSR count). The molecule has 0 atom stereocenters. The van der Waals surface area contributed by atoms with Crippen molar-refractivity contribution >= 4 is 95.1 Å². The lowest BCUT2D eigenvalue weighted by Gasteiger charge is -2.25. The van der Waals surface area contributed by atoms with Crippen molar-refractivity contribution in [2.45, 2.75) is 135 Å². The van der Waals surface area contributed by atoms with Crippen molar-refractivity contribution in [3.63, 3.8) is 0 Å². The number of carbonyl (C=O) groups excluding carboxylic acids is 2. The van der Waals surface area contributed by atoms with Crippen LogP contribution in [0.15, 0.2) is 101 Å². The van der Waals surface area contributed by atoms with Crippen molar-refractivity contribution in [3.05, 3.63) is 157 Å². The molecule has 0 radical (unpaired) electrons. The summed E-state index contributed by atoms with van der Waals surface area (Å²) in [5.41, 5.74) is 0.936. The maximum atomic E-state index is 14.6. The molecule has 4 aliphatic rings. The number of carbonyl (C=O) groups is 2. The summed E-state index contributed by atoms with van der Waals surface area (Å²) in [7, 11) is 7.93. The van der Waals surface area contributed by atoms with E-state index < -0.39 is 70.2 Å². The number of nitrogens with one attached hydrogen (secondary N) is 2. The lowest BCUT2D eigenvalue weighted by atomic mass is 10.2. The van der Waals surface area contributed by atoms with E-state index in [1.807, 2.05) is 42.3 Å². The molecule has 4 aliphatic carbocycles. The van der Waals surface area contributed by atoms with Crippen LogP contribution in [0.5, 0.6) is 23.5 Å². The smallest absolute Gasteiger partial charge is 0.414 e. The predicted molar refractivity (Wildman–Crippen MR) is 355 cm³/mol. The first kappa shape index (κ1) is 75.4. The highest BCUT2D eigenvalue weighted by molar-refractivity contribution is 14.1. The minimum Gasteiger partial charge on any atom is -0.472 e. The SMILES string of the molecule is CN(C(=O)OC(C)(C)C)c1ccnc(F)c1F.CN(C(=O)OC(C)(C)C)c1ccnc(OC2CC2)c1F.CN(Cc1ccccc1)c1c(Br)cnc(OC2CC2)c1F.CNc1c(Br)cnc(OC2CC2)c1F.CNc1ccnc(OC2CC2)c1F.Fc1nccc(I)c1F. The summed E-state index contributed by atoms with van der Waals surface area (Å²) in [5.74, 6) is -6.03. The average Bonchev–Trinajstić information content (AvgIpc) is 1.63. The Morgan fingerprint density at radius 1 is 0.511 bits per heavy atom. The van der Waals surface area contributed by atoms with Crippen molar-refractivity contribution in [2.24, 2.45) is 0 Å². The molecule has 0 unspecified atom stereocenters. The van der Waals surface area contributed by atoms with E-state index in [0.717, 1.165) is 72.9 Å². The van der Waals surface area contributed by atoms with Gasteiger partial charge in [-0.05, 0) is 177 Å². The third kappa shape index (κ3) is 24.0. The van der Waals surface area contributed by atoms with Gasteiger partial charge in [-0.3, -0.25) is 9.80 Å². The van der Waals surface area contributed by atoms with Gasteiger partial charge in [-0.15, -0.1) is 0 Å². The molecule has 4 saturated carbocycles. The molecule has 1 aromatic carbocycles. The van der Waals surface area contributed by atoms with Crippen LogP contribution in [0.3, 0.4) is 0 Å². The molecule has 30 heteroatoms. The summed E-state index contributed by atoms with van der Waals surface area (Å²) in [4.78, 5) is 49.3. The summed E-state index contributed by atoms with van der Waals surface area (Å²) in [6, 6.07) is 15.5. The lowest BCUT2D eigenvalue weighted by Crippen LogP contribution is -2.34. The number of nitrogens with zero attached hydrogens (tertiary/aromatic N) is 9. The molecule has 6 heterocycles. The standard InChI is InChI=1S/C16H16BrFN2O.C14H19FN2O3.C11H14F2N2O2.C9H10BrFN2O.C9H11FN2O.C5H2F2IN/c1-20(10-11-5-3-2-4-6-11)15-13(17)9-19-16(14(15)18)21-12-7-8-12;1-14(2,3)20-13(18)17(4)10-7-8-16-12(11(10)15)19-9-5-6-9;1-11(2,3)17-10(16)15(4)7-5-6-14-9(13)8(7)12;1-12-8-6(10)4-13-9(7(8)11)14-5-2-3-5;1-11-7-4-5-12-9(8(7)10)13-6-2-3-6;6-4-3(8)1-2-9-5(4)7/h2-6,9,12H,7-8,10H2,1H3;7-9H,5-6H2,1-4H3;5-6H,1-4H3;4-5H,2-3H2,1H3,(H,12,13);4-6H,2-3H2,1H3,(H,11,12);1-2H. The number of amides is 2. The summed E-state index contributed by atoms with van der Waals surface area (Å²) >= 11 is 8.28. The summed E-state index contributed by atoms with van der Waals surface area (Å²) < 4.78 is 140. The Bertz CT molecular complexity index is 3650. The fourth-order valence-electron chi connectivity index (χ4n) is 7.32. The highest BCUT2D eigenvalue weighted by atomic mass is 127. The van der Waals surface area contributed by atoms with Crippen LogP contribution in [0.1, 0.15) is 98.5 Å². The number of pyridine rings is 6. The molecule has 19 nitrogen and oxygen atoms in total. The molecule has 4 fully saturated rings. The zero-order chi connectivity index (χ0) is 69.2.